The molecule has 0 radical (unpaired) electrons. The van der Waals surface area contributed by atoms with E-state index in [1.807, 2.05) is 0 Å². The van der Waals surface area contributed by atoms with Crippen LogP contribution < -0.4 is 5.32 Å². The maximum absolute atomic E-state index is 12.1. The van der Waals surface area contributed by atoms with Crippen molar-refractivity contribution in [2.45, 2.75) is 50.7 Å². The number of halogens is 2. The summed E-state index contributed by atoms with van der Waals surface area (Å²) in [7, 11) is 0. The second-order valence-electron chi connectivity index (χ2n) is 3.94. The summed E-state index contributed by atoms with van der Waals surface area (Å²) in [6, 6.07) is -0.829. The molecule has 1 rings (SSSR count). The minimum Gasteiger partial charge on any atom is -0.389 e. The summed E-state index contributed by atoms with van der Waals surface area (Å²) >= 11 is 0. The predicted octanol–water partition coefficient (Wildman–Crippen LogP) is 1.53. The van der Waals surface area contributed by atoms with Gasteiger partial charge in [0.15, 0.2) is 0 Å². The van der Waals surface area contributed by atoms with Crippen molar-refractivity contribution >= 4 is 0 Å². The SMILES string of the molecule is CC(NCC1(O)CCCC1)C(F)F. The number of hydrogen-bond acceptors (Lipinski definition) is 2. The Bertz CT molecular complexity index is 158. The molecule has 1 aliphatic rings. The van der Waals surface area contributed by atoms with Gasteiger partial charge in [-0.1, -0.05) is 12.8 Å². The van der Waals surface area contributed by atoms with E-state index in [4.69, 9.17) is 0 Å². The standard InChI is InChI=1S/C9H17F2NO/c1-7(8(10)11)12-6-9(13)4-2-3-5-9/h7-8,12-13H,2-6H2,1H3. The normalized spacial score (nSPS) is 23.8. The van der Waals surface area contributed by atoms with Gasteiger partial charge in [0.1, 0.15) is 0 Å². The lowest BCUT2D eigenvalue weighted by atomic mass is 10.0. The summed E-state index contributed by atoms with van der Waals surface area (Å²) in [6.07, 6.45) is 1.11. The number of rotatable bonds is 4. The van der Waals surface area contributed by atoms with Crippen molar-refractivity contribution < 1.29 is 13.9 Å². The number of alkyl halides is 2. The number of nitrogens with one attached hydrogen (secondary N) is 1. The van der Waals surface area contributed by atoms with E-state index < -0.39 is 18.1 Å². The monoisotopic (exact) mass is 193 g/mol. The molecule has 13 heavy (non-hydrogen) atoms. The molecule has 0 aromatic rings. The average Bonchev–Trinajstić information content (AvgIpc) is 2.48. The summed E-state index contributed by atoms with van der Waals surface area (Å²) in [5, 5.41) is 12.5. The lowest BCUT2D eigenvalue weighted by Gasteiger charge is -2.24. The first-order valence-corrected chi connectivity index (χ1v) is 4.77. The summed E-state index contributed by atoms with van der Waals surface area (Å²) in [6.45, 7) is 1.72. The van der Waals surface area contributed by atoms with Crippen LogP contribution in [0.4, 0.5) is 8.78 Å². The Balaban J connectivity index is 2.24. The molecule has 4 heteroatoms. The van der Waals surface area contributed by atoms with Gasteiger partial charge in [-0.2, -0.15) is 0 Å². The van der Waals surface area contributed by atoms with Gasteiger partial charge in [0.05, 0.1) is 11.6 Å². The van der Waals surface area contributed by atoms with Gasteiger partial charge in [-0.25, -0.2) is 8.78 Å². The van der Waals surface area contributed by atoms with Crippen molar-refractivity contribution in [2.75, 3.05) is 6.54 Å². The first-order chi connectivity index (χ1) is 6.03. The van der Waals surface area contributed by atoms with Crippen LogP contribution in [0.5, 0.6) is 0 Å². The van der Waals surface area contributed by atoms with E-state index >= 15 is 0 Å². The second kappa shape index (κ2) is 4.33. The fourth-order valence-corrected chi connectivity index (χ4v) is 1.65. The third-order valence-corrected chi connectivity index (χ3v) is 2.67. The van der Waals surface area contributed by atoms with E-state index in [9.17, 15) is 13.9 Å². The minimum atomic E-state index is -2.36. The van der Waals surface area contributed by atoms with Crippen molar-refractivity contribution in [3.05, 3.63) is 0 Å². The molecule has 1 atom stereocenters. The van der Waals surface area contributed by atoms with Crippen molar-refractivity contribution in [1.82, 2.24) is 5.32 Å². The zero-order chi connectivity index (χ0) is 9.90. The molecule has 0 saturated heterocycles. The van der Waals surface area contributed by atoms with Crippen molar-refractivity contribution in [2.24, 2.45) is 0 Å². The Hall–Kier alpha value is -0.220. The van der Waals surface area contributed by atoms with Crippen LogP contribution >= 0.6 is 0 Å². The number of hydrogen-bond donors (Lipinski definition) is 2. The topological polar surface area (TPSA) is 32.3 Å². The summed E-state index contributed by atoms with van der Waals surface area (Å²) < 4.78 is 24.2. The summed E-state index contributed by atoms with van der Waals surface area (Å²) in [4.78, 5) is 0. The molecule has 1 fully saturated rings. The smallest absolute Gasteiger partial charge is 0.253 e. The fraction of sp³-hybridized carbons (Fsp3) is 1.00. The molecule has 0 spiro atoms. The van der Waals surface area contributed by atoms with Gasteiger partial charge in [0, 0.05) is 6.54 Å². The largest absolute Gasteiger partial charge is 0.389 e. The van der Waals surface area contributed by atoms with E-state index in [1.54, 1.807) is 0 Å². The van der Waals surface area contributed by atoms with E-state index in [-0.39, 0.29) is 0 Å². The third kappa shape index (κ3) is 3.19. The minimum absolute atomic E-state index is 0.290. The molecule has 0 aromatic heterocycles. The highest BCUT2D eigenvalue weighted by atomic mass is 19.3. The summed E-state index contributed by atoms with van der Waals surface area (Å²) in [5.74, 6) is 0. The molecular formula is C9H17F2NO. The lowest BCUT2D eigenvalue weighted by molar-refractivity contribution is 0.0326. The van der Waals surface area contributed by atoms with Crippen LogP contribution in [0.3, 0.4) is 0 Å². The summed E-state index contributed by atoms with van der Waals surface area (Å²) in [5.41, 5.74) is -0.733. The molecule has 0 bridgehead atoms. The highest BCUT2D eigenvalue weighted by Gasteiger charge is 2.31. The van der Waals surface area contributed by atoms with Crippen LogP contribution in [0.15, 0.2) is 0 Å². The lowest BCUT2D eigenvalue weighted by Crippen LogP contribution is -2.44. The predicted molar refractivity (Wildman–Crippen MR) is 46.9 cm³/mol. The van der Waals surface area contributed by atoms with E-state index in [1.165, 1.54) is 6.92 Å². The van der Waals surface area contributed by atoms with E-state index in [0.29, 0.717) is 6.54 Å². The van der Waals surface area contributed by atoms with Crippen LogP contribution in [0.1, 0.15) is 32.6 Å². The van der Waals surface area contributed by atoms with Crippen molar-refractivity contribution in [3.63, 3.8) is 0 Å². The van der Waals surface area contributed by atoms with Gasteiger partial charge in [-0.15, -0.1) is 0 Å². The van der Waals surface area contributed by atoms with E-state index in [2.05, 4.69) is 5.32 Å². The molecule has 0 aliphatic heterocycles. The molecule has 1 saturated carbocycles. The first-order valence-electron chi connectivity index (χ1n) is 4.77. The van der Waals surface area contributed by atoms with Gasteiger partial charge >= 0.3 is 0 Å². The molecule has 1 aliphatic carbocycles. The van der Waals surface area contributed by atoms with Crippen LogP contribution in [-0.2, 0) is 0 Å². The molecule has 78 valence electrons. The molecule has 0 amide bonds. The Morgan fingerprint density at radius 2 is 1.92 bits per heavy atom. The fourth-order valence-electron chi connectivity index (χ4n) is 1.65. The Morgan fingerprint density at radius 1 is 1.38 bits per heavy atom. The van der Waals surface area contributed by atoms with Gasteiger partial charge in [-0.05, 0) is 19.8 Å². The van der Waals surface area contributed by atoms with Gasteiger partial charge in [0.25, 0.3) is 6.43 Å². The molecule has 2 nitrogen and oxygen atoms in total. The van der Waals surface area contributed by atoms with Gasteiger partial charge < -0.3 is 10.4 Å². The van der Waals surface area contributed by atoms with Crippen molar-refractivity contribution in [1.29, 1.82) is 0 Å². The zero-order valence-corrected chi connectivity index (χ0v) is 7.89. The highest BCUT2D eigenvalue weighted by molar-refractivity contribution is 4.87. The first kappa shape index (κ1) is 10.9. The maximum Gasteiger partial charge on any atom is 0.253 e. The van der Waals surface area contributed by atoms with Crippen LogP contribution in [0, 0.1) is 0 Å². The Kier molecular flexibility index (Phi) is 3.62. The van der Waals surface area contributed by atoms with Gasteiger partial charge in [-0.3, -0.25) is 0 Å². The third-order valence-electron chi connectivity index (χ3n) is 2.67. The number of aliphatic hydroxyl groups is 1. The highest BCUT2D eigenvalue weighted by Crippen LogP contribution is 2.28. The average molecular weight is 193 g/mol. The van der Waals surface area contributed by atoms with E-state index in [0.717, 1.165) is 25.7 Å². The molecule has 0 heterocycles. The maximum atomic E-state index is 12.1. The Labute approximate surface area is 77.3 Å². The molecular weight excluding hydrogens is 176 g/mol. The molecule has 0 aromatic carbocycles. The van der Waals surface area contributed by atoms with Crippen LogP contribution in [0.2, 0.25) is 0 Å². The van der Waals surface area contributed by atoms with Crippen molar-refractivity contribution in [3.8, 4) is 0 Å². The molecule has 1 unspecified atom stereocenters. The van der Waals surface area contributed by atoms with Gasteiger partial charge in [0.2, 0.25) is 0 Å². The second-order valence-corrected chi connectivity index (χ2v) is 3.94. The van der Waals surface area contributed by atoms with Crippen LogP contribution in [0.25, 0.3) is 0 Å². The molecule has 2 N–H and O–H groups in total. The zero-order valence-electron chi connectivity index (χ0n) is 7.89. The quantitative estimate of drug-likeness (QED) is 0.709. The Morgan fingerprint density at radius 3 is 2.38 bits per heavy atom. The van der Waals surface area contributed by atoms with Crippen LogP contribution in [-0.4, -0.2) is 29.7 Å².